The van der Waals surface area contributed by atoms with Crippen LogP contribution in [-0.2, 0) is 6.54 Å². The van der Waals surface area contributed by atoms with Gasteiger partial charge in [0.2, 0.25) is 0 Å². The Kier molecular flexibility index (Phi) is 3.08. The Labute approximate surface area is 83.6 Å². The molecule has 0 N–H and O–H groups in total. The first-order chi connectivity index (χ1) is 6.56. The van der Waals surface area contributed by atoms with Gasteiger partial charge in [-0.05, 0) is 25.0 Å². The molecule has 0 unspecified atom stereocenters. The van der Waals surface area contributed by atoms with Crippen molar-refractivity contribution in [2.45, 2.75) is 27.3 Å². The summed E-state index contributed by atoms with van der Waals surface area (Å²) >= 11 is 0. The van der Waals surface area contributed by atoms with Crippen LogP contribution in [0.4, 0.5) is 0 Å². The molecule has 0 radical (unpaired) electrons. The maximum absolute atomic E-state index is 11.7. The minimum atomic E-state index is -0.179. The summed E-state index contributed by atoms with van der Waals surface area (Å²) < 4.78 is 1.66. The molecule has 0 aliphatic rings. The Morgan fingerprint density at radius 2 is 2.14 bits per heavy atom. The number of aryl methyl sites for hydroxylation is 1. The van der Waals surface area contributed by atoms with E-state index in [9.17, 15) is 4.79 Å². The van der Waals surface area contributed by atoms with E-state index in [0.29, 0.717) is 12.5 Å². The molecule has 3 nitrogen and oxygen atoms in total. The van der Waals surface area contributed by atoms with E-state index in [1.165, 1.54) is 0 Å². The topological polar surface area (TPSA) is 45.8 Å². The molecule has 0 aromatic carbocycles. The van der Waals surface area contributed by atoms with Crippen molar-refractivity contribution in [1.29, 1.82) is 5.26 Å². The Hall–Kier alpha value is -1.56. The average Bonchev–Trinajstić information content (AvgIpc) is 2.12. The number of hydrogen-bond donors (Lipinski definition) is 0. The summed E-state index contributed by atoms with van der Waals surface area (Å²) in [6, 6.07) is 5.29. The van der Waals surface area contributed by atoms with Gasteiger partial charge in [0, 0.05) is 12.2 Å². The largest absolute Gasteiger partial charge is 0.312 e. The summed E-state index contributed by atoms with van der Waals surface area (Å²) in [6.45, 7) is 6.64. The number of pyridine rings is 1. The molecule has 0 atom stereocenters. The molecular formula is C11H14N2O. The quantitative estimate of drug-likeness (QED) is 0.712. The van der Waals surface area contributed by atoms with Crippen LogP contribution in [0.2, 0.25) is 0 Å². The van der Waals surface area contributed by atoms with E-state index >= 15 is 0 Å². The van der Waals surface area contributed by atoms with Crippen molar-refractivity contribution in [3.8, 4) is 6.07 Å². The van der Waals surface area contributed by atoms with E-state index in [2.05, 4.69) is 0 Å². The van der Waals surface area contributed by atoms with Crippen molar-refractivity contribution < 1.29 is 0 Å². The minimum Gasteiger partial charge on any atom is -0.312 e. The lowest BCUT2D eigenvalue weighted by atomic mass is 10.2. The van der Waals surface area contributed by atoms with Crippen LogP contribution in [0.5, 0.6) is 0 Å². The highest BCUT2D eigenvalue weighted by atomic mass is 16.1. The number of hydrogen-bond acceptors (Lipinski definition) is 2. The summed E-state index contributed by atoms with van der Waals surface area (Å²) in [6.07, 6.45) is 0. The van der Waals surface area contributed by atoms with Gasteiger partial charge in [-0.25, -0.2) is 0 Å². The van der Waals surface area contributed by atoms with Crippen molar-refractivity contribution in [3.63, 3.8) is 0 Å². The van der Waals surface area contributed by atoms with Gasteiger partial charge in [0.05, 0.1) is 0 Å². The van der Waals surface area contributed by atoms with Crippen LogP contribution in [-0.4, -0.2) is 4.57 Å². The first-order valence-electron chi connectivity index (χ1n) is 4.66. The molecule has 74 valence electrons. The fourth-order valence-corrected chi connectivity index (χ4v) is 1.35. The lowest BCUT2D eigenvalue weighted by Crippen LogP contribution is -2.26. The van der Waals surface area contributed by atoms with Gasteiger partial charge in [0.15, 0.2) is 0 Å². The SMILES string of the molecule is Cc1ccc(C#N)c(=O)n1CC(C)C. The second-order valence-corrected chi connectivity index (χ2v) is 3.81. The highest BCUT2D eigenvalue weighted by Crippen LogP contribution is 2.02. The lowest BCUT2D eigenvalue weighted by molar-refractivity contribution is 0.501. The van der Waals surface area contributed by atoms with E-state index in [4.69, 9.17) is 5.26 Å². The van der Waals surface area contributed by atoms with Gasteiger partial charge in [-0.15, -0.1) is 0 Å². The van der Waals surface area contributed by atoms with E-state index in [0.717, 1.165) is 5.69 Å². The van der Waals surface area contributed by atoms with Gasteiger partial charge in [-0.1, -0.05) is 13.8 Å². The van der Waals surface area contributed by atoms with Crippen LogP contribution in [0.15, 0.2) is 16.9 Å². The first-order valence-corrected chi connectivity index (χ1v) is 4.66. The van der Waals surface area contributed by atoms with Crippen LogP contribution >= 0.6 is 0 Å². The van der Waals surface area contributed by atoms with Crippen molar-refractivity contribution in [1.82, 2.24) is 4.57 Å². The van der Waals surface area contributed by atoms with Crippen LogP contribution < -0.4 is 5.56 Å². The third kappa shape index (κ3) is 2.02. The van der Waals surface area contributed by atoms with Crippen LogP contribution in [0.1, 0.15) is 25.1 Å². The molecule has 0 aliphatic heterocycles. The molecule has 0 saturated carbocycles. The van der Waals surface area contributed by atoms with Crippen LogP contribution in [0, 0.1) is 24.2 Å². The van der Waals surface area contributed by atoms with Crippen molar-refractivity contribution in [2.24, 2.45) is 5.92 Å². The van der Waals surface area contributed by atoms with Crippen molar-refractivity contribution in [2.75, 3.05) is 0 Å². The van der Waals surface area contributed by atoms with Gasteiger partial charge >= 0.3 is 0 Å². The van der Waals surface area contributed by atoms with Gasteiger partial charge in [0.1, 0.15) is 11.6 Å². The molecule has 0 saturated heterocycles. The molecule has 0 amide bonds. The van der Waals surface area contributed by atoms with E-state index in [-0.39, 0.29) is 11.1 Å². The van der Waals surface area contributed by atoms with Crippen LogP contribution in [0.25, 0.3) is 0 Å². The molecule has 0 aliphatic carbocycles. The highest BCUT2D eigenvalue weighted by molar-refractivity contribution is 5.27. The predicted molar refractivity (Wildman–Crippen MR) is 55.0 cm³/mol. The summed E-state index contributed by atoms with van der Waals surface area (Å²) in [5.41, 5.74) is 0.945. The Morgan fingerprint density at radius 1 is 1.50 bits per heavy atom. The third-order valence-corrected chi connectivity index (χ3v) is 2.06. The average molecular weight is 190 g/mol. The van der Waals surface area contributed by atoms with Gasteiger partial charge < -0.3 is 4.57 Å². The normalized spacial score (nSPS) is 10.2. The Bertz CT molecular complexity index is 424. The van der Waals surface area contributed by atoms with Crippen molar-refractivity contribution >= 4 is 0 Å². The third-order valence-electron chi connectivity index (χ3n) is 2.06. The zero-order valence-corrected chi connectivity index (χ0v) is 8.74. The molecule has 0 bridgehead atoms. The van der Waals surface area contributed by atoms with Crippen LogP contribution in [0.3, 0.4) is 0 Å². The number of nitriles is 1. The number of nitrogens with zero attached hydrogens (tertiary/aromatic N) is 2. The molecule has 1 aromatic rings. The highest BCUT2D eigenvalue weighted by Gasteiger charge is 2.06. The maximum atomic E-state index is 11.7. The summed E-state index contributed by atoms with van der Waals surface area (Å²) in [5, 5.41) is 8.70. The number of rotatable bonds is 2. The molecule has 0 spiro atoms. The molecule has 1 aromatic heterocycles. The number of aromatic nitrogens is 1. The summed E-state index contributed by atoms with van der Waals surface area (Å²) in [5.74, 6) is 0.403. The maximum Gasteiger partial charge on any atom is 0.268 e. The minimum absolute atomic E-state index is 0.179. The van der Waals surface area contributed by atoms with E-state index < -0.39 is 0 Å². The second-order valence-electron chi connectivity index (χ2n) is 3.81. The fourth-order valence-electron chi connectivity index (χ4n) is 1.35. The van der Waals surface area contributed by atoms with Gasteiger partial charge in [0.25, 0.3) is 5.56 Å². The molecule has 14 heavy (non-hydrogen) atoms. The smallest absolute Gasteiger partial charge is 0.268 e. The standard InChI is InChI=1S/C11H14N2O/c1-8(2)7-13-9(3)4-5-10(6-12)11(13)14/h4-5,8H,7H2,1-3H3. The zero-order chi connectivity index (χ0) is 10.7. The van der Waals surface area contributed by atoms with Crippen molar-refractivity contribution in [3.05, 3.63) is 33.7 Å². The monoisotopic (exact) mass is 190 g/mol. The zero-order valence-electron chi connectivity index (χ0n) is 8.74. The lowest BCUT2D eigenvalue weighted by Gasteiger charge is -2.11. The molecule has 1 heterocycles. The molecule has 3 heteroatoms. The predicted octanol–water partition coefficient (Wildman–Crippen LogP) is 1.68. The first kappa shape index (κ1) is 10.5. The van der Waals surface area contributed by atoms with E-state index in [1.807, 2.05) is 32.9 Å². The Morgan fingerprint density at radius 3 is 2.64 bits per heavy atom. The van der Waals surface area contributed by atoms with Gasteiger partial charge in [-0.2, -0.15) is 5.26 Å². The second kappa shape index (κ2) is 4.10. The summed E-state index contributed by atoms with van der Waals surface area (Å²) in [4.78, 5) is 11.7. The van der Waals surface area contributed by atoms with E-state index in [1.54, 1.807) is 10.6 Å². The van der Waals surface area contributed by atoms with Gasteiger partial charge in [-0.3, -0.25) is 4.79 Å². The summed E-state index contributed by atoms with van der Waals surface area (Å²) in [7, 11) is 0. The molecule has 0 fully saturated rings. The fraction of sp³-hybridized carbons (Fsp3) is 0.455. The molecular weight excluding hydrogens is 176 g/mol. The molecule has 1 rings (SSSR count). The Balaban J connectivity index is 3.28.